The van der Waals surface area contributed by atoms with Crippen molar-refractivity contribution in [2.24, 2.45) is 9.98 Å². The smallest absolute Gasteiger partial charge is 0.443 e. The van der Waals surface area contributed by atoms with Crippen LogP contribution in [0.3, 0.4) is 0 Å². The molecule has 0 radical (unpaired) electrons. The summed E-state index contributed by atoms with van der Waals surface area (Å²) in [5.41, 5.74) is -3.93. The summed E-state index contributed by atoms with van der Waals surface area (Å²) in [5.74, 6) is -0.390. The molecule has 0 saturated carbocycles. The summed E-state index contributed by atoms with van der Waals surface area (Å²) in [6.07, 6.45) is -11.6. The zero-order valence-electron chi connectivity index (χ0n) is 17.6. The highest BCUT2D eigenvalue weighted by Gasteiger charge is 2.74. The molecule has 4 nitrogen and oxygen atoms in total. The van der Waals surface area contributed by atoms with Crippen molar-refractivity contribution in [3.05, 3.63) is 88.1 Å². The Morgan fingerprint density at radius 2 is 1.44 bits per heavy atom. The molecule has 3 aromatic rings. The predicted molar refractivity (Wildman–Crippen MR) is 117 cm³/mol. The van der Waals surface area contributed by atoms with Gasteiger partial charge in [-0.25, -0.2) is 9.98 Å². The summed E-state index contributed by atoms with van der Waals surface area (Å²) >= 11 is 0.987. The van der Waals surface area contributed by atoms with E-state index in [2.05, 4.69) is 9.98 Å². The Kier molecular flexibility index (Phi) is 6.15. The first kappa shape index (κ1) is 23.8. The molecule has 0 spiro atoms. The standard InChI is InChI=1S/C23H17F6N3OS/c1-33-17-11-9-15(10-12-17)14-32-19(16-6-3-2-4-7-16)30-21(22(24,25)26,23(27,28)29)31-20(32)18-8-5-13-34-18/h2-13H,14H2,1H3. The molecule has 0 saturated heterocycles. The Balaban J connectivity index is 1.96. The van der Waals surface area contributed by atoms with Crippen molar-refractivity contribution in [2.45, 2.75) is 24.6 Å². The molecule has 1 aliphatic heterocycles. The van der Waals surface area contributed by atoms with E-state index in [1.165, 1.54) is 48.4 Å². The molecule has 0 aliphatic carbocycles. The molecule has 0 unspecified atom stereocenters. The number of alkyl halides is 6. The Morgan fingerprint density at radius 1 is 0.824 bits per heavy atom. The lowest BCUT2D eigenvalue weighted by molar-refractivity contribution is -0.293. The van der Waals surface area contributed by atoms with Crippen LogP contribution in [0.1, 0.15) is 16.0 Å². The van der Waals surface area contributed by atoms with Crippen LogP contribution in [0.2, 0.25) is 0 Å². The summed E-state index contributed by atoms with van der Waals surface area (Å²) in [7, 11) is 1.48. The van der Waals surface area contributed by atoms with Gasteiger partial charge in [0.25, 0.3) is 0 Å². The van der Waals surface area contributed by atoms with Gasteiger partial charge in [-0.1, -0.05) is 48.5 Å². The SMILES string of the molecule is COc1ccc(CN2C(c3ccccc3)=NC(C(F)(F)F)(C(F)(F)F)N=C2c2cccs2)cc1. The van der Waals surface area contributed by atoms with Gasteiger partial charge < -0.3 is 9.64 Å². The van der Waals surface area contributed by atoms with Gasteiger partial charge in [0.1, 0.15) is 17.4 Å². The van der Waals surface area contributed by atoms with E-state index in [9.17, 15) is 26.3 Å². The third-order valence-corrected chi connectivity index (χ3v) is 5.98. The lowest BCUT2D eigenvalue weighted by Crippen LogP contribution is -2.59. The van der Waals surface area contributed by atoms with E-state index >= 15 is 0 Å². The molecule has 0 fully saturated rings. The van der Waals surface area contributed by atoms with Crippen LogP contribution in [-0.2, 0) is 6.54 Å². The first-order chi connectivity index (χ1) is 16.1. The van der Waals surface area contributed by atoms with Crippen molar-refractivity contribution in [3.63, 3.8) is 0 Å². The fourth-order valence-corrected chi connectivity index (χ4v) is 4.15. The minimum atomic E-state index is -5.82. The van der Waals surface area contributed by atoms with Crippen LogP contribution in [0.15, 0.2) is 82.1 Å². The van der Waals surface area contributed by atoms with Crippen molar-refractivity contribution in [1.82, 2.24) is 4.90 Å². The number of nitrogens with zero attached hydrogens (tertiary/aromatic N) is 3. The van der Waals surface area contributed by atoms with Gasteiger partial charge in [0.05, 0.1) is 18.5 Å². The minimum Gasteiger partial charge on any atom is -0.497 e. The number of thiophene rings is 1. The highest BCUT2D eigenvalue weighted by Crippen LogP contribution is 2.49. The second-order valence-corrected chi connectivity index (χ2v) is 8.26. The van der Waals surface area contributed by atoms with Gasteiger partial charge in [0.15, 0.2) is 0 Å². The van der Waals surface area contributed by atoms with Crippen molar-refractivity contribution in [1.29, 1.82) is 0 Å². The summed E-state index contributed by atoms with van der Waals surface area (Å²) < 4.78 is 89.5. The normalized spacial score (nSPS) is 16.1. The number of halogens is 6. The maximum Gasteiger partial charge on any atom is 0.443 e. The van der Waals surface area contributed by atoms with E-state index in [4.69, 9.17) is 4.74 Å². The number of hydrogen-bond acceptors (Lipinski definition) is 5. The van der Waals surface area contributed by atoms with E-state index in [-0.39, 0.29) is 17.0 Å². The van der Waals surface area contributed by atoms with E-state index < -0.39 is 29.7 Å². The van der Waals surface area contributed by atoms with Crippen LogP contribution < -0.4 is 4.74 Å². The van der Waals surface area contributed by atoms with Gasteiger partial charge in [0, 0.05) is 5.56 Å². The van der Waals surface area contributed by atoms with E-state index in [0.29, 0.717) is 11.3 Å². The average Bonchev–Trinajstić information content (AvgIpc) is 3.33. The van der Waals surface area contributed by atoms with Gasteiger partial charge >= 0.3 is 18.0 Å². The Hall–Kier alpha value is -3.34. The number of hydrogen-bond donors (Lipinski definition) is 0. The lowest BCUT2D eigenvalue weighted by Gasteiger charge is -2.39. The Bertz CT molecular complexity index is 1170. The molecular formula is C23H17F6N3OS. The monoisotopic (exact) mass is 497 g/mol. The lowest BCUT2D eigenvalue weighted by atomic mass is 10.1. The number of methoxy groups -OCH3 is 1. The molecule has 2 aromatic carbocycles. The summed E-state index contributed by atoms with van der Waals surface area (Å²) in [4.78, 5) is 7.98. The Labute approximate surface area is 194 Å². The zero-order chi connectivity index (χ0) is 24.6. The number of aliphatic imine (C=N–C) groups is 2. The van der Waals surface area contributed by atoms with Crippen LogP contribution >= 0.6 is 11.3 Å². The van der Waals surface area contributed by atoms with E-state index in [0.717, 1.165) is 11.3 Å². The van der Waals surface area contributed by atoms with Gasteiger partial charge in [-0.05, 0) is 29.1 Å². The zero-order valence-corrected chi connectivity index (χ0v) is 18.4. The third kappa shape index (κ3) is 4.27. The summed E-state index contributed by atoms with van der Waals surface area (Å²) in [5, 5.41) is 1.56. The molecule has 4 rings (SSSR count). The van der Waals surface area contributed by atoms with Crippen molar-refractivity contribution in [2.75, 3.05) is 7.11 Å². The average molecular weight is 497 g/mol. The molecule has 178 valence electrons. The molecule has 0 atom stereocenters. The molecule has 1 aromatic heterocycles. The van der Waals surface area contributed by atoms with Crippen molar-refractivity contribution >= 4 is 23.0 Å². The van der Waals surface area contributed by atoms with Gasteiger partial charge in [-0.3, -0.25) is 0 Å². The van der Waals surface area contributed by atoms with Crippen LogP contribution in [0.5, 0.6) is 5.75 Å². The fourth-order valence-electron chi connectivity index (χ4n) is 3.43. The molecule has 1 aliphatic rings. The molecule has 2 heterocycles. The highest BCUT2D eigenvalue weighted by molar-refractivity contribution is 7.12. The van der Waals surface area contributed by atoms with Crippen LogP contribution in [0.4, 0.5) is 26.3 Å². The molecule has 0 N–H and O–H groups in total. The second kappa shape index (κ2) is 8.79. The molecule has 34 heavy (non-hydrogen) atoms. The maximum atomic E-state index is 14.1. The molecular weight excluding hydrogens is 480 g/mol. The number of benzene rings is 2. The topological polar surface area (TPSA) is 37.2 Å². The Morgan fingerprint density at radius 3 is 1.97 bits per heavy atom. The van der Waals surface area contributed by atoms with E-state index in [1.807, 2.05) is 0 Å². The molecule has 0 bridgehead atoms. The number of ether oxygens (including phenoxy) is 1. The van der Waals surface area contributed by atoms with Crippen LogP contribution in [0, 0.1) is 0 Å². The third-order valence-electron chi connectivity index (χ3n) is 5.11. The summed E-state index contributed by atoms with van der Waals surface area (Å²) in [6, 6.07) is 17.1. The quantitative estimate of drug-likeness (QED) is 0.389. The predicted octanol–water partition coefficient (Wildman–Crippen LogP) is 6.29. The molecule has 11 heteroatoms. The number of rotatable bonds is 5. The van der Waals surface area contributed by atoms with Crippen LogP contribution in [0.25, 0.3) is 0 Å². The minimum absolute atomic E-state index is 0.0692. The highest BCUT2D eigenvalue weighted by atomic mass is 32.1. The second-order valence-electron chi connectivity index (χ2n) is 7.32. The van der Waals surface area contributed by atoms with E-state index in [1.54, 1.807) is 35.7 Å². The maximum absolute atomic E-state index is 14.1. The molecule has 0 amide bonds. The first-order valence-electron chi connectivity index (χ1n) is 9.88. The van der Waals surface area contributed by atoms with Gasteiger partial charge in [-0.15, -0.1) is 11.3 Å². The van der Waals surface area contributed by atoms with Gasteiger partial charge in [0.2, 0.25) is 0 Å². The van der Waals surface area contributed by atoms with Crippen LogP contribution in [-0.4, -0.2) is 41.7 Å². The van der Waals surface area contributed by atoms with Crippen molar-refractivity contribution in [3.8, 4) is 5.75 Å². The first-order valence-corrected chi connectivity index (χ1v) is 10.8. The van der Waals surface area contributed by atoms with Crippen molar-refractivity contribution < 1.29 is 31.1 Å². The van der Waals surface area contributed by atoms with Gasteiger partial charge in [-0.2, -0.15) is 26.3 Å². The fraction of sp³-hybridized carbons (Fsp3) is 0.217. The number of amidine groups is 2. The summed E-state index contributed by atoms with van der Waals surface area (Å²) in [6.45, 7) is -0.0692. The largest absolute Gasteiger partial charge is 0.497 e.